The van der Waals surface area contributed by atoms with Gasteiger partial charge in [0.05, 0.1) is 53.9 Å². The van der Waals surface area contributed by atoms with E-state index in [4.69, 9.17) is 45.1 Å². The number of ether oxygens (including phenoxy) is 6. The molecule has 0 saturated carbocycles. The predicted octanol–water partition coefficient (Wildman–Crippen LogP) is 21.3. The average molecular weight is 1260 g/mol. The Kier molecular flexibility index (Phi) is 57.1. The van der Waals surface area contributed by atoms with Crippen molar-refractivity contribution < 1.29 is 35.0 Å². The summed E-state index contributed by atoms with van der Waals surface area (Å²) in [5, 5.41) is 8.63. The average Bonchev–Trinajstić information content (AvgIpc) is 3.53. The Bertz CT molecular complexity index is 2340. The highest BCUT2D eigenvalue weighted by Gasteiger charge is 2.03. The van der Waals surface area contributed by atoms with Crippen molar-refractivity contribution in [1.82, 2.24) is 4.98 Å². The number of phenolic OH excluding ortho intramolecular Hbond substituents is 1. The first-order chi connectivity index (χ1) is 39.2. The third kappa shape index (κ3) is 43.3. The monoisotopic (exact) mass is 1260 g/mol. The van der Waals surface area contributed by atoms with Gasteiger partial charge in [0.1, 0.15) is 23.0 Å². The first-order valence-electron chi connectivity index (χ1n) is 27.7. The lowest BCUT2D eigenvalue weighted by Crippen LogP contribution is -2.04. The number of benzene rings is 7. The molecule has 8 rings (SSSR count). The lowest BCUT2D eigenvalue weighted by Gasteiger charge is -2.09. The van der Waals surface area contributed by atoms with E-state index >= 15 is 0 Å². The number of aromatic hydroxyl groups is 1. The molecule has 1 aromatic heterocycles. The van der Waals surface area contributed by atoms with E-state index in [1.165, 1.54) is 16.7 Å². The third-order valence-corrected chi connectivity index (χ3v) is 11.0. The van der Waals surface area contributed by atoms with Crippen LogP contribution in [0, 0.1) is 6.92 Å². The number of hydrogen-bond donors (Lipinski definition) is 1. The molecule has 446 valence electrons. The molecule has 11 heteroatoms. The van der Waals surface area contributed by atoms with Gasteiger partial charge in [-0.3, -0.25) is 0 Å². The molecule has 0 amide bonds. The Morgan fingerprint density at radius 2 is 0.864 bits per heavy atom. The number of pyridine rings is 1. The van der Waals surface area contributed by atoms with Gasteiger partial charge < -0.3 is 33.5 Å². The van der Waals surface area contributed by atoms with Gasteiger partial charge in [-0.1, -0.05) is 237 Å². The van der Waals surface area contributed by atoms with Gasteiger partial charge in [0.15, 0.2) is 0 Å². The van der Waals surface area contributed by atoms with Gasteiger partial charge in [0, 0.05) is 52.5 Å². The fourth-order valence-electron chi connectivity index (χ4n) is 5.92. The fraction of sp³-hybridized carbons (Fsp3) is 0.329. The molecule has 0 saturated heterocycles. The number of aryl methyl sites for hydroxylation is 2. The minimum Gasteiger partial charge on any atom is -0.508 e. The summed E-state index contributed by atoms with van der Waals surface area (Å²) in [4.78, 5) is 4.14. The summed E-state index contributed by atoms with van der Waals surface area (Å²) in [6.07, 6.45) is 4.52. The van der Waals surface area contributed by atoms with Crippen molar-refractivity contribution in [3.63, 3.8) is 0 Å². The van der Waals surface area contributed by atoms with Crippen LogP contribution < -0.4 is 18.9 Å². The zero-order valence-corrected chi connectivity index (χ0v) is 53.7. The highest BCUT2D eigenvalue weighted by Crippen LogP contribution is 2.20. The van der Waals surface area contributed by atoms with Crippen LogP contribution >= 0.6 is 43.5 Å². The number of phenols is 1. The third-order valence-electron chi connectivity index (χ3n) is 9.74. The normalized spacial score (nSPS) is 8.98. The van der Waals surface area contributed by atoms with E-state index in [1.807, 2.05) is 201 Å². The Morgan fingerprint density at radius 3 is 1.21 bits per heavy atom. The number of alkyl halides is 1. The summed E-state index contributed by atoms with van der Waals surface area (Å²) in [6.45, 7) is 23.9. The van der Waals surface area contributed by atoms with E-state index in [0.717, 1.165) is 56.6 Å². The summed E-state index contributed by atoms with van der Waals surface area (Å²) < 4.78 is 35.0. The van der Waals surface area contributed by atoms with E-state index < -0.39 is 0 Å². The van der Waals surface area contributed by atoms with Gasteiger partial charge in [-0.25, -0.2) is 4.98 Å². The quantitative estimate of drug-likeness (QED) is 0.0671. The molecule has 0 radical (unpaired) electrons. The highest BCUT2D eigenvalue weighted by molar-refractivity contribution is 9.10. The van der Waals surface area contributed by atoms with Crippen LogP contribution in [0.1, 0.15) is 112 Å². The topological polar surface area (TPSA) is 88.5 Å². The first kappa shape index (κ1) is 79.1. The molecule has 81 heavy (non-hydrogen) atoms. The Labute approximate surface area is 514 Å². The number of nitrogens with zero attached hydrogens (tertiary/aromatic N) is 1. The second-order valence-corrected chi connectivity index (χ2v) is 17.4. The lowest BCUT2D eigenvalue weighted by molar-refractivity contribution is 0.105. The maximum absolute atomic E-state index is 8.63. The van der Waals surface area contributed by atoms with Crippen molar-refractivity contribution in [2.24, 2.45) is 0 Å². The molecular formula is C70H98Br2ClNO7. The molecule has 0 bridgehead atoms. The van der Waals surface area contributed by atoms with Crippen molar-refractivity contribution in [2.75, 3.05) is 40.6 Å². The highest BCUT2D eigenvalue weighted by atomic mass is 79.9. The number of hydrogen-bond acceptors (Lipinski definition) is 8. The zero-order chi connectivity index (χ0) is 59.7. The van der Waals surface area contributed by atoms with Crippen molar-refractivity contribution in [3.05, 3.63) is 249 Å². The van der Waals surface area contributed by atoms with Gasteiger partial charge in [-0.15, -0.1) is 11.6 Å². The zero-order valence-electron chi connectivity index (χ0n) is 49.8. The van der Waals surface area contributed by atoms with Crippen molar-refractivity contribution in [1.29, 1.82) is 0 Å². The molecule has 8 aromatic rings. The number of para-hydroxylation sites is 3. The van der Waals surface area contributed by atoms with E-state index in [0.29, 0.717) is 57.2 Å². The van der Waals surface area contributed by atoms with Crippen LogP contribution in [0.15, 0.2) is 221 Å². The molecule has 0 unspecified atom stereocenters. The molecule has 8 nitrogen and oxygen atoms in total. The molecule has 0 aliphatic heterocycles. The molecular weight excluding hydrogens is 1160 g/mol. The minimum atomic E-state index is 0. The van der Waals surface area contributed by atoms with Crippen LogP contribution in [0.4, 0.5) is 0 Å². The van der Waals surface area contributed by atoms with Crippen LogP contribution in [0.25, 0.3) is 0 Å². The summed E-state index contributed by atoms with van der Waals surface area (Å²) in [7, 11) is 3.34. The lowest BCUT2D eigenvalue weighted by atomic mass is 10.2. The molecule has 0 aliphatic carbocycles. The molecule has 0 fully saturated rings. The Hall–Kier alpha value is -6.14. The van der Waals surface area contributed by atoms with Gasteiger partial charge in [0.25, 0.3) is 0 Å². The van der Waals surface area contributed by atoms with E-state index in [2.05, 4.69) is 87.1 Å². The van der Waals surface area contributed by atoms with E-state index in [-0.39, 0.29) is 8.85 Å². The standard InChI is InChI=1S/C17H19BrO3.C16H18BrNO3.C8H10.C7H7Cl.C7H8.C6H6O.4C2H6.CH4.H2/c1-19-17-6-3-2-5-14(17)13-20-11-4-12-21-16-9-7-15(18)8-10-16;1-19-15-6-3-2-5-13(15)12-20-9-4-10-21-16-8-7-14(17)11-18-16;1-2-8-6-4-3-5-7-8;8-6-7-4-2-1-3-5-7;1-7-5-3-2-4-6-7;7-6-4-2-1-3-5-6;4*1-2;;/h2-3,5-10H,4,11-13H2,1H3;2-3,5-8,11H,4,9-10,12H2,1H3;3-7H,2H2,1H3;1-5H,6H2;2-6H,1H3;1-5,7H;4*1-2H3;1H4;1H/i;;;;;;;;;;;1+1. The molecule has 1 heterocycles. The van der Waals surface area contributed by atoms with E-state index in [1.54, 1.807) is 44.7 Å². The van der Waals surface area contributed by atoms with Crippen LogP contribution in [-0.4, -0.2) is 50.7 Å². The van der Waals surface area contributed by atoms with Crippen LogP contribution in [0.3, 0.4) is 0 Å². The number of methoxy groups -OCH3 is 2. The maximum atomic E-state index is 8.63. The summed E-state index contributed by atoms with van der Waals surface area (Å²) in [5.41, 5.74) is 6.02. The van der Waals surface area contributed by atoms with Gasteiger partial charge in [-0.05, 0) is 95.0 Å². The van der Waals surface area contributed by atoms with Gasteiger partial charge in [-0.2, -0.15) is 0 Å². The second-order valence-electron chi connectivity index (χ2n) is 15.4. The van der Waals surface area contributed by atoms with Crippen molar-refractivity contribution in [2.45, 2.75) is 115 Å². The summed E-state index contributed by atoms with van der Waals surface area (Å²) >= 11 is 12.3. The Balaban J connectivity index is -0.000000458. The minimum absolute atomic E-state index is 0. The second kappa shape index (κ2) is 58.5. The SMILES string of the molecule is C.CC.CC.CC.CC.CCc1ccccc1.COc1ccccc1COCCCOc1ccc(Br)cc1.COc1ccccc1COCCCOc1ccc(Br)cn1.Cc1ccccc1.ClCc1ccccc1.Oc1ccccc1.[2HH]. The molecule has 7 aromatic carbocycles. The van der Waals surface area contributed by atoms with E-state index in [9.17, 15) is 0 Å². The number of rotatable bonds is 18. The summed E-state index contributed by atoms with van der Waals surface area (Å²) in [5.74, 6) is 4.16. The van der Waals surface area contributed by atoms with Crippen LogP contribution in [0.5, 0.6) is 28.9 Å². The van der Waals surface area contributed by atoms with Gasteiger partial charge in [0.2, 0.25) is 5.88 Å². The fourth-order valence-corrected chi connectivity index (χ4v) is 6.60. The maximum Gasteiger partial charge on any atom is 0.213 e. The van der Waals surface area contributed by atoms with Crippen LogP contribution in [0.2, 0.25) is 0 Å². The smallest absolute Gasteiger partial charge is 0.213 e. The van der Waals surface area contributed by atoms with Crippen molar-refractivity contribution in [3.8, 4) is 28.9 Å². The van der Waals surface area contributed by atoms with Gasteiger partial charge >= 0.3 is 0 Å². The molecule has 0 spiro atoms. The number of aromatic nitrogens is 1. The largest absolute Gasteiger partial charge is 0.508 e. The number of halogens is 3. The Morgan fingerprint density at radius 1 is 0.469 bits per heavy atom. The first-order valence-corrected chi connectivity index (χ1v) is 29.8. The summed E-state index contributed by atoms with van der Waals surface area (Å²) in [6, 6.07) is 66.7. The van der Waals surface area contributed by atoms with Crippen LogP contribution in [-0.2, 0) is 35.0 Å². The molecule has 0 aliphatic rings. The predicted molar refractivity (Wildman–Crippen MR) is 357 cm³/mol. The molecule has 1 N–H and O–H groups in total. The van der Waals surface area contributed by atoms with Crippen molar-refractivity contribution >= 4 is 43.5 Å². The molecule has 0 atom stereocenters.